The first-order chi connectivity index (χ1) is 10.9. The number of ether oxygens (including phenoxy) is 2. The molecule has 1 amide bonds. The summed E-state index contributed by atoms with van der Waals surface area (Å²) in [5.74, 6) is 0.603. The summed E-state index contributed by atoms with van der Waals surface area (Å²) in [5, 5.41) is 3.08. The summed E-state index contributed by atoms with van der Waals surface area (Å²) < 4.78 is 15.3. The van der Waals surface area contributed by atoms with E-state index in [1.165, 1.54) is 20.3 Å². The maximum Gasteiger partial charge on any atom is 0.336 e. The van der Waals surface area contributed by atoms with E-state index in [1.54, 1.807) is 26.0 Å². The third-order valence-electron chi connectivity index (χ3n) is 3.28. The average Bonchev–Trinajstić information content (AvgIpc) is 2.47. The molecular weight excluding hydrogens is 322 g/mol. The van der Waals surface area contributed by atoms with Gasteiger partial charge in [-0.25, -0.2) is 4.79 Å². The number of carbonyl (C=O) groups excluding carboxylic acids is 1. The number of methoxy groups -OCH3 is 2. The lowest BCUT2D eigenvalue weighted by atomic mass is 10.1. The number of nitrogens with one attached hydrogen (secondary N) is 1. The summed E-state index contributed by atoms with van der Waals surface area (Å²) in [6.45, 7) is 3.22. The number of aryl methyl sites for hydroxylation is 2. The minimum Gasteiger partial charge on any atom is -0.495 e. The van der Waals surface area contributed by atoms with E-state index in [0.29, 0.717) is 33.3 Å². The zero-order chi connectivity index (χ0) is 17.1. The minimum absolute atomic E-state index is 0.243. The fraction of sp³-hybridized carbons (Fsp3) is 0.250. The molecule has 23 heavy (non-hydrogen) atoms. The Bertz CT molecular complexity index is 787. The van der Waals surface area contributed by atoms with Crippen LogP contribution in [-0.4, -0.2) is 20.1 Å². The molecule has 122 valence electrons. The third-order valence-corrected chi connectivity index (χ3v) is 3.58. The Kier molecular flexibility index (Phi) is 4.95. The lowest BCUT2D eigenvalue weighted by Gasteiger charge is -2.14. The Morgan fingerprint density at radius 3 is 2.35 bits per heavy atom. The smallest absolute Gasteiger partial charge is 0.336 e. The minimum atomic E-state index is -0.498. The largest absolute Gasteiger partial charge is 0.495 e. The molecule has 0 aliphatic rings. The molecule has 0 spiro atoms. The van der Waals surface area contributed by atoms with Gasteiger partial charge < -0.3 is 19.2 Å². The molecule has 0 unspecified atom stereocenters. The highest BCUT2D eigenvalue weighted by atomic mass is 35.5. The molecule has 0 saturated heterocycles. The molecule has 0 aliphatic carbocycles. The summed E-state index contributed by atoms with van der Waals surface area (Å²) in [4.78, 5) is 23.8. The molecule has 1 aromatic carbocycles. The summed E-state index contributed by atoms with van der Waals surface area (Å²) in [6.07, 6.45) is 0. The van der Waals surface area contributed by atoms with E-state index in [0.717, 1.165) is 0 Å². The maximum absolute atomic E-state index is 12.5. The molecule has 6 nitrogen and oxygen atoms in total. The fourth-order valence-electron chi connectivity index (χ4n) is 2.24. The molecule has 0 saturated carbocycles. The molecule has 0 bridgehead atoms. The van der Waals surface area contributed by atoms with E-state index in [-0.39, 0.29) is 5.76 Å². The van der Waals surface area contributed by atoms with Crippen molar-refractivity contribution in [2.24, 2.45) is 0 Å². The van der Waals surface area contributed by atoms with Gasteiger partial charge in [0.05, 0.1) is 30.5 Å². The first kappa shape index (κ1) is 16.9. The van der Waals surface area contributed by atoms with Crippen LogP contribution in [0.2, 0.25) is 5.02 Å². The van der Waals surface area contributed by atoms with Gasteiger partial charge in [0.25, 0.3) is 5.91 Å². The number of hydrogen-bond donors (Lipinski definition) is 1. The highest BCUT2D eigenvalue weighted by molar-refractivity contribution is 6.32. The highest BCUT2D eigenvalue weighted by Crippen LogP contribution is 2.36. The average molecular weight is 338 g/mol. The van der Waals surface area contributed by atoms with Crippen LogP contribution in [0, 0.1) is 13.8 Å². The van der Waals surface area contributed by atoms with Crippen molar-refractivity contribution in [2.75, 3.05) is 19.5 Å². The summed E-state index contributed by atoms with van der Waals surface area (Å²) in [6, 6.07) is 4.37. The molecule has 1 aromatic heterocycles. The number of rotatable bonds is 4. The van der Waals surface area contributed by atoms with Crippen LogP contribution in [0.15, 0.2) is 27.4 Å². The molecule has 0 aliphatic heterocycles. The van der Waals surface area contributed by atoms with Crippen LogP contribution >= 0.6 is 11.6 Å². The maximum atomic E-state index is 12.5. The SMILES string of the molecule is COc1cc(NC(=O)c2c(C)cc(=O)oc2C)c(OC)cc1Cl. The number of carbonyl (C=O) groups is 1. The van der Waals surface area contributed by atoms with Crippen LogP contribution in [-0.2, 0) is 0 Å². The van der Waals surface area contributed by atoms with Crippen LogP contribution in [0.25, 0.3) is 0 Å². The molecule has 2 aromatic rings. The second-order valence-corrected chi connectivity index (χ2v) is 5.23. The molecule has 1 heterocycles. The molecule has 1 N–H and O–H groups in total. The Labute approximate surface area is 138 Å². The van der Waals surface area contributed by atoms with Gasteiger partial charge >= 0.3 is 5.63 Å². The number of halogens is 1. The zero-order valence-electron chi connectivity index (χ0n) is 13.2. The first-order valence-electron chi connectivity index (χ1n) is 6.71. The standard InChI is InChI=1S/C16H16ClNO5/c1-8-5-14(19)23-9(2)15(8)16(20)18-11-7-12(21-3)10(17)6-13(11)22-4/h5-7H,1-4H3,(H,18,20). The topological polar surface area (TPSA) is 77.8 Å². The fourth-order valence-corrected chi connectivity index (χ4v) is 2.47. The normalized spacial score (nSPS) is 10.3. The second-order valence-electron chi connectivity index (χ2n) is 4.82. The first-order valence-corrected chi connectivity index (χ1v) is 7.09. The zero-order valence-corrected chi connectivity index (χ0v) is 13.9. The summed E-state index contributed by atoms with van der Waals surface area (Å²) in [7, 11) is 2.94. The summed E-state index contributed by atoms with van der Waals surface area (Å²) in [5.41, 5.74) is 0.711. The van der Waals surface area contributed by atoms with Gasteiger partial charge in [-0.3, -0.25) is 4.79 Å². The molecule has 7 heteroatoms. The molecule has 0 fully saturated rings. The van der Waals surface area contributed by atoms with Crippen molar-refractivity contribution in [3.63, 3.8) is 0 Å². The van der Waals surface area contributed by atoms with E-state index in [4.69, 9.17) is 25.5 Å². The van der Waals surface area contributed by atoms with Gasteiger partial charge in [-0.1, -0.05) is 11.6 Å². The van der Waals surface area contributed by atoms with Gasteiger partial charge in [0.15, 0.2) is 0 Å². The van der Waals surface area contributed by atoms with Crippen molar-refractivity contribution in [2.45, 2.75) is 13.8 Å². The predicted molar refractivity (Wildman–Crippen MR) is 87.0 cm³/mol. The Hall–Kier alpha value is -2.47. The third kappa shape index (κ3) is 3.48. The molecule has 0 atom stereocenters. The van der Waals surface area contributed by atoms with Crippen LogP contribution < -0.4 is 20.4 Å². The van der Waals surface area contributed by atoms with Crippen LogP contribution in [0.5, 0.6) is 11.5 Å². The summed E-state index contributed by atoms with van der Waals surface area (Å²) >= 11 is 6.03. The van der Waals surface area contributed by atoms with Gasteiger partial charge in [0.1, 0.15) is 17.3 Å². The monoisotopic (exact) mass is 337 g/mol. The molecule has 0 radical (unpaired) electrons. The van der Waals surface area contributed by atoms with Crippen LogP contribution in [0.4, 0.5) is 5.69 Å². The lowest BCUT2D eigenvalue weighted by Crippen LogP contribution is -2.17. The van der Waals surface area contributed by atoms with E-state index in [1.807, 2.05) is 0 Å². The van der Waals surface area contributed by atoms with Crippen molar-refractivity contribution >= 4 is 23.2 Å². The molecular formula is C16H16ClNO5. The van der Waals surface area contributed by atoms with Gasteiger partial charge in [0.2, 0.25) is 0 Å². The van der Waals surface area contributed by atoms with Crippen LogP contribution in [0.1, 0.15) is 21.7 Å². The number of amides is 1. The van der Waals surface area contributed by atoms with E-state index < -0.39 is 11.5 Å². The van der Waals surface area contributed by atoms with Crippen molar-refractivity contribution < 1.29 is 18.7 Å². The van der Waals surface area contributed by atoms with Gasteiger partial charge in [-0.05, 0) is 19.4 Å². The number of anilines is 1. The predicted octanol–water partition coefficient (Wildman–Crippen LogP) is 3.18. The van der Waals surface area contributed by atoms with Gasteiger partial charge in [-0.2, -0.15) is 0 Å². The van der Waals surface area contributed by atoms with E-state index >= 15 is 0 Å². The van der Waals surface area contributed by atoms with E-state index in [2.05, 4.69) is 5.32 Å². The van der Waals surface area contributed by atoms with Gasteiger partial charge in [0, 0.05) is 18.2 Å². The quantitative estimate of drug-likeness (QED) is 0.927. The Balaban J connectivity index is 2.43. The number of hydrogen-bond acceptors (Lipinski definition) is 5. The Morgan fingerprint density at radius 2 is 1.78 bits per heavy atom. The van der Waals surface area contributed by atoms with Crippen molar-refractivity contribution in [1.82, 2.24) is 0 Å². The molecule has 2 rings (SSSR count). The van der Waals surface area contributed by atoms with E-state index in [9.17, 15) is 9.59 Å². The van der Waals surface area contributed by atoms with Crippen molar-refractivity contribution in [1.29, 1.82) is 0 Å². The Morgan fingerprint density at radius 1 is 1.13 bits per heavy atom. The highest BCUT2D eigenvalue weighted by Gasteiger charge is 2.18. The van der Waals surface area contributed by atoms with Crippen LogP contribution in [0.3, 0.4) is 0 Å². The van der Waals surface area contributed by atoms with Gasteiger partial charge in [-0.15, -0.1) is 0 Å². The van der Waals surface area contributed by atoms with Crippen molar-refractivity contribution in [3.8, 4) is 11.5 Å². The second kappa shape index (κ2) is 6.75. The number of benzene rings is 1. The lowest BCUT2D eigenvalue weighted by molar-refractivity contribution is 0.102. The van der Waals surface area contributed by atoms with Crippen molar-refractivity contribution in [3.05, 3.63) is 50.5 Å².